The summed E-state index contributed by atoms with van der Waals surface area (Å²) in [6.07, 6.45) is 3.17. The van der Waals surface area contributed by atoms with Gasteiger partial charge >= 0.3 is 0 Å². The van der Waals surface area contributed by atoms with Crippen LogP contribution in [0.4, 0.5) is 4.39 Å². The molecule has 1 atom stereocenters. The number of rotatable bonds is 3. The van der Waals surface area contributed by atoms with E-state index in [4.69, 9.17) is 11.1 Å². The van der Waals surface area contributed by atoms with Crippen molar-refractivity contribution in [1.29, 1.82) is 5.41 Å². The van der Waals surface area contributed by atoms with Crippen LogP contribution in [0.15, 0.2) is 23.4 Å². The van der Waals surface area contributed by atoms with Gasteiger partial charge in [0.05, 0.1) is 12.2 Å². The molecule has 1 aliphatic rings. The maximum atomic E-state index is 13.0. The first-order valence-electron chi connectivity index (χ1n) is 5.39. The molecule has 0 amide bonds. The first-order chi connectivity index (χ1) is 8.43. The Morgan fingerprint density at radius 3 is 2.89 bits per heavy atom. The third-order valence-electron chi connectivity index (χ3n) is 2.85. The van der Waals surface area contributed by atoms with Gasteiger partial charge in [0.25, 0.3) is 0 Å². The number of nitrogens with one attached hydrogen (secondary N) is 1. The van der Waals surface area contributed by atoms with Crippen LogP contribution in [-0.4, -0.2) is 36.1 Å². The Balaban J connectivity index is 2.40. The standard InChI is InChI=1S/C10H13FN4O2S/c11-7-4-8(6-14-5-7)18(16,17)15-3-1-2-9(15)10(12)13/h4-6,9H,1-3H2,(H3,12,13). The molecule has 6 nitrogen and oxygen atoms in total. The number of halogens is 1. The third-order valence-corrected chi connectivity index (χ3v) is 4.72. The molecular weight excluding hydrogens is 259 g/mol. The molecule has 8 heteroatoms. The van der Waals surface area contributed by atoms with Gasteiger partial charge in [-0.1, -0.05) is 0 Å². The van der Waals surface area contributed by atoms with E-state index in [9.17, 15) is 12.8 Å². The van der Waals surface area contributed by atoms with Crippen LogP contribution in [-0.2, 0) is 10.0 Å². The summed E-state index contributed by atoms with van der Waals surface area (Å²) in [7, 11) is -3.85. The molecule has 98 valence electrons. The Morgan fingerprint density at radius 1 is 1.56 bits per heavy atom. The summed E-state index contributed by atoms with van der Waals surface area (Å²) < 4.78 is 38.7. The topological polar surface area (TPSA) is 100 Å². The van der Waals surface area contributed by atoms with Gasteiger partial charge in [0.1, 0.15) is 16.5 Å². The Morgan fingerprint density at radius 2 is 2.28 bits per heavy atom. The number of amidine groups is 1. The zero-order valence-electron chi connectivity index (χ0n) is 9.51. The minimum absolute atomic E-state index is 0.194. The fourth-order valence-electron chi connectivity index (χ4n) is 2.01. The van der Waals surface area contributed by atoms with Gasteiger partial charge in [-0.3, -0.25) is 10.4 Å². The Kier molecular flexibility index (Phi) is 3.31. The molecular formula is C10H13FN4O2S. The molecule has 0 bridgehead atoms. The molecule has 0 aliphatic carbocycles. The number of hydrogen-bond acceptors (Lipinski definition) is 4. The largest absolute Gasteiger partial charge is 0.386 e. The lowest BCUT2D eigenvalue weighted by Crippen LogP contribution is -2.43. The van der Waals surface area contributed by atoms with Gasteiger partial charge in [-0.25, -0.2) is 12.8 Å². The molecule has 1 unspecified atom stereocenters. The lowest BCUT2D eigenvalue weighted by Gasteiger charge is -2.22. The summed E-state index contributed by atoms with van der Waals surface area (Å²) in [5.41, 5.74) is 5.38. The van der Waals surface area contributed by atoms with Crippen molar-refractivity contribution in [2.24, 2.45) is 5.73 Å². The Labute approximate surface area is 104 Å². The van der Waals surface area contributed by atoms with Crippen LogP contribution in [0.5, 0.6) is 0 Å². The predicted molar refractivity (Wildman–Crippen MR) is 63.0 cm³/mol. The fourth-order valence-corrected chi connectivity index (χ4v) is 3.66. The van der Waals surface area contributed by atoms with E-state index >= 15 is 0 Å². The second-order valence-electron chi connectivity index (χ2n) is 4.07. The molecule has 3 N–H and O–H groups in total. The van der Waals surface area contributed by atoms with Crippen LogP contribution in [0, 0.1) is 11.2 Å². The molecule has 2 heterocycles. The number of nitrogens with two attached hydrogens (primary N) is 1. The lowest BCUT2D eigenvalue weighted by atomic mass is 10.2. The molecule has 1 fully saturated rings. The van der Waals surface area contributed by atoms with Gasteiger partial charge in [-0.15, -0.1) is 0 Å². The van der Waals surface area contributed by atoms with Crippen molar-refractivity contribution in [3.8, 4) is 0 Å². The van der Waals surface area contributed by atoms with E-state index in [1.165, 1.54) is 0 Å². The monoisotopic (exact) mass is 272 g/mol. The highest BCUT2D eigenvalue weighted by molar-refractivity contribution is 7.89. The van der Waals surface area contributed by atoms with Gasteiger partial charge in [0.15, 0.2) is 0 Å². The van der Waals surface area contributed by atoms with Crippen LogP contribution >= 0.6 is 0 Å². The summed E-state index contributed by atoms with van der Waals surface area (Å²) in [5.74, 6) is -0.907. The van der Waals surface area contributed by atoms with Gasteiger partial charge in [0, 0.05) is 12.7 Å². The molecule has 0 aromatic carbocycles. The quantitative estimate of drug-likeness (QED) is 0.611. The maximum absolute atomic E-state index is 13.0. The summed E-state index contributed by atoms with van der Waals surface area (Å²) in [6.45, 7) is 0.281. The maximum Gasteiger partial charge on any atom is 0.245 e. The van der Waals surface area contributed by atoms with E-state index in [1.54, 1.807) is 0 Å². The zero-order valence-corrected chi connectivity index (χ0v) is 10.3. The smallest absolute Gasteiger partial charge is 0.245 e. The van der Waals surface area contributed by atoms with Gasteiger partial charge in [-0.2, -0.15) is 4.31 Å². The first kappa shape index (κ1) is 12.9. The van der Waals surface area contributed by atoms with Crippen molar-refractivity contribution >= 4 is 15.9 Å². The summed E-state index contributed by atoms with van der Waals surface area (Å²) in [5, 5.41) is 7.39. The highest BCUT2D eigenvalue weighted by atomic mass is 32.2. The molecule has 1 aromatic heterocycles. The molecule has 0 radical (unpaired) electrons. The minimum atomic E-state index is -3.85. The molecule has 1 saturated heterocycles. The number of sulfonamides is 1. The van der Waals surface area contributed by atoms with Crippen molar-refractivity contribution in [1.82, 2.24) is 9.29 Å². The molecule has 2 rings (SSSR count). The van der Waals surface area contributed by atoms with Gasteiger partial charge in [0.2, 0.25) is 10.0 Å². The van der Waals surface area contributed by atoms with E-state index in [1.807, 2.05) is 0 Å². The van der Waals surface area contributed by atoms with E-state index in [0.717, 1.165) is 22.8 Å². The number of nitrogens with zero attached hydrogens (tertiary/aromatic N) is 2. The van der Waals surface area contributed by atoms with Crippen molar-refractivity contribution < 1.29 is 12.8 Å². The van der Waals surface area contributed by atoms with Crippen molar-refractivity contribution in [2.75, 3.05) is 6.54 Å². The highest BCUT2D eigenvalue weighted by Gasteiger charge is 2.37. The van der Waals surface area contributed by atoms with Gasteiger partial charge in [-0.05, 0) is 18.9 Å². The minimum Gasteiger partial charge on any atom is -0.386 e. The highest BCUT2D eigenvalue weighted by Crippen LogP contribution is 2.25. The zero-order chi connectivity index (χ0) is 13.3. The SMILES string of the molecule is N=C(N)C1CCCN1S(=O)(=O)c1cncc(F)c1. The van der Waals surface area contributed by atoms with E-state index in [2.05, 4.69) is 4.98 Å². The average molecular weight is 272 g/mol. The van der Waals surface area contributed by atoms with E-state index in [-0.39, 0.29) is 17.3 Å². The number of aromatic nitrogens is 1. The lowest BCUT2D eigenvalue weighted by molar-refractivity contribution is 0.442. The Bertz CT molecular complexity index is 575. The van der Waals surface area contributed by atoms with Crippen LogP contribution in [0.1, 0.15) is 12.8 Å². The molecule has 0 saturated carbocycles. The summed E-state index contributed by atoms with van der Waals surface area (Å²) in [4.78, 5) is 3.31. The number of pyridine rings is 1. The summed E-state index contributed by atoms with van der Waals surface area (Å²) >= 11 is 0. The second-order valence-corrected chi connectivity index (χ2v) is 5.96. The third kappa shape index (κ3) is 2.21. The van der Waals surface area contributed by atoms with Crippen molar-refractivity contribution in [2.45, 2.75) is 23.8 Å². The molecule has 1 aliphatic heterocycles. The molecule has 0 spiro atoms. The predicted octanol–water partition coefficient (Wildman–Crippen LogP) is 0.310. The van der Waals surface area contributed by atoms with Gasteiger partial charge < -0.3 is 5.73 Å². The fraction of sp³-hybridized carbons (Fsp3) is 0.400. The van der Waals surface area contributed by atoms with Crippen LogP contribution in [0.3, 0.4) is 0 Å². The van der Waals surface area contributed by atoms with Crippen LogP contribution in [0.2, 0.25) is 0 Å². The van der Waals surface area contributed by atoms with Crippen molar-refractivity contribution in [3.05, 3.63) is 24.3 Å². The average Bonchev–Trinajstić information content (AvgIpc) is 2.78. The second kappa shape index (κ2) is 4.62. The molecule has 1 aromatic rings. The van der Waals surface area contributed by atoms with E-state index < -0.39 is 21.9 Å². The first-order valence-corrected chi connectivity index (χ1v) is 6.83. The summed E-state index contributed by atoms with van der Waals surface area (Å²) in [6, 6.07) is 0.274. The molecule has 18 heavy (non-hydrogen) atoms. The van der Waals surface area contributed by atoms with Crippen LogP contribution in [0.25, 0.3) is 0 Å². The van der Waals surface area contributed by atoms with Crippen molar-refractivity contribution in [3.63, 3.8) is 0 Å². The Hall–Kier alpha value is -1.54. The number of hydrogen-bond donors (Lipinski definition) is 2. The van der Waals surface area contributed by atoms with Crippen LogP contribution < -0.4 is 5.73 Å². The van der Waals surface area contributed by atoms with E-state index in [0.29, 0.717) is 12.8 Å². The normalized spacial score (nSPS) is 21.1.